The summed E-state index contributed by atoms with van der Waals surface area (Å²) in [5.74, 6) is -3.13. The molecular weight excluding hydrogens is 391 g/mol. The second-order valence-electron chi connectivity index (χ2n) is 5.86. The van der Waals surface area contributed by atoms with Crippen molar-refractivity contribution in [2.24, 2.45) is 0 Å². The van der Waals surface area contributed by atoms with Gasteiger partial charge in [0.15, 0.2) is 5.69 Å². The van der Waals surface area contributed by atoms with Crippen LogP contribution in [0, 0.1) is 12.7 Å². The van der Waals surface area contributed by atoms with Gasteiger partial charge in [-0.1, -0.05) is 34.0 Å². The molecule has 10 heteroatoms. The lowest BCUT2D eigenvalue weighted by molar-refractivity contribution is -0.0589. The number of aromatic nitrogens is 3. The Balaban J connectivity index is 1.60. The average Bonchev–Trinajstić information content (AvgIpc) is 3.18. The topological polar surface area (TPSA) is 94.4 Å². The highest BCUT2D eigenvalue weighted by Gasteiger charge is 2.39. The minimum absolute atomic E-state index is 0.123. The van der Waals surface area contributed by atoms with Crippen LogP contribution in [-0.2, 0) is 4.84 Å². The van der Waals surface area contributed by atoms with Crippen LogP contribution in [0.25, 0.3) is 5.69 Å². The lowest BCUT2D eigenvalue weighted by Crippen LogP contribution is -2.33. The first kappa shape index (κ1) is 17.8. The molecule has 0 fully saturated rings. The van der Waals surface area contributed by atoms with Gasteiger partial charge in [0.25, 0.3) is 11.8 Å². The molecule has 2 amide bonds. The molecule has 0 saturated carbocycles. The number of hydroxylamine groups is 2. The first-order valence-corrected chi connectivity index (χ1v) is 8.34. The Hall–Kier alpha value is -3.59. The second-order valence-corrected chi connectivity index (χ2v) is 6.27. The minimum atomic E-state index is -1.04. The molecule has 8 nitrogen and oxygen atoms in total. The molecule has 2 heterocycles. The number of hydrogen-bond donors (Lipinski definition) is 0. The number of carbonyl (C=O) groups is 3. The van der Waals surface area contributed by atoms with Crippen LogP contribution in [0.5, 0.6) is 0 Å². The van der Waals surface area contributed by atoms with Gasteiger partial charge in [0.05, 0.1) is 27.5 Å². The van der Waals surface area contributed by atoms with Crippen LogP contribution in [0.15, 0.2) is 42.5 Å². The Labute approximate surface area is 162 Å². The molecule has 0 atom stereocenters. The molecule has 1 aliphatic heterocycles. The van der Waals surface area contributed by atoms with Crippen molar-refractivity contribution in [1.29, 1.82) is 0 Å². The highest BCUT2D eigenvalue weighted by Crippen LogP contribution is 2.24. The van der Waals surface area contributed by atoms with Gasteiger partial charge in [-0.2, -0.15) is 0 Å². The van der Waals surface area contributed by atoms with E-state index in [1.54, 1.807) is 12.1 Å². The van der Waals surface area contributed by atoms with E-state index in [9.17, 15) is 18.8 Å². The van der Waals surface area contributed by atoms with E-state index in [0.717, 1.165) is 6.07 Å². The van der Waals surface area contributed by atoms with Gasteiger partial charge in [-0.05, 0) is 37.3 Å². The van der Waals surface area contributed by atoms with E-state index in [1.165, 1.54) is 35.9 Å². The Morgan fingerprint density at radius 1 is 1.11 bits per heavy atom. The quantitative estimate of drug-likeness (QED) is 0.627. The third kappa shape index (κ3) is 2.72. The lowest BCUT2D eigenvalue weighted by Gasteiger charge is -2.11. The smallest absolute Gasteiger partial charge is 0.322 e. The zero-order chi connectivity index (χ0) is 20.0. The van der Waals surface area contributed by atoms with Crippen molar-refractivity contribution in [2.45, 2.75) is 6.92 Å². The summed E-state index contributed by atoms with van der Waals surface area (Å²) in [5.41, 5.74) is 0.695. The molecule has 28 heavy (non-hydrogen) atoms. The van der Waals surface area contributed by atoms with Crippen molar-refractivity contribution in [2.75, 3.05) is 0 Å². The number of halogens is 2. The Kier molecular flexibility index (Phi) is 4.16. The molecule has 0 radical (unpaired) electrons. The summed E-state index contributed by atoms with van der Waals surface area (Å²) < 4.78 is 14.6. The second kappa shape index (κ2) is 6.54. The molecule has 1 aliphatic rings. The van der Waals surface area contributed by atoms with Crippen molar-refractivity contribution < 1.29 is 23.6 Å². The van der Waals surface area contributed by atoms with Crippen molar-refractivity contribution in [3.05, 3.63) is 75.8 Å². The Morgan fingerprint density at radius 2 is 1.75 bits per heavy atom. The molecule has 0 unspecified atom stereocenters. The van der Waals surface area contributed by atoms with Gasteiger partial charge >= 0.3 is 5.97 Å². The molecule has 140 valence electrons. The fourth-order valence-corrected chi connectivity index (χ4v) is 2.93. The Morgan fingerprint density at radius 3 is 2.36 bits per heavy atom. The largest absolute Gasteiger partial charge is 0.385 e. The van der Waals surface area contributed by atoms with Gasteiger partial charge in [-0.15, -0.1) is 5.10 Å². The standard InChI is InChI=1S/C18H10ClFN4O4/c1-9-15(21-22-23(9)10-6-7-14(20)13(19)8-10)18(27)28-24-16(25)11-4-2-3-5-12(11)17(24)26/h2-8H,1H3. The first-order chi connectivity index (χ1) is 13.4. The van der Waals surface area contributed by atoms with Crippen LogP contribution < -0.4 is 0 Å². The summed E-state index contributed by atoms with van der Waals surface area (Å²) in [6.45, 7) is 1.52. The van der Waals surface area contributed by atoms with E-state index < -0.39 is 23.6 Å². The van der Waals surface area contributed by atoms with Crippen molar-refractivity contribution >= 4 is 29.4 Å². The van der Waals surface area contributed by atoms with E-state index in [1.807, 2.05) is 0 Å². The highest BCUT2D eigenvalue weighted by molar-refractivity contribution is 6.30. The van der Waals surface area contributed by atoms with Crippen LogP contribution in [0.1, 0.15) is 36.9 Å². The maximum Gasteiger partial charge on any atom is 0.385 e. The SMILES string of the molecule is Cc1c(C(=O)ON2C(=O)c3ccccc3C2=O)nnn1-c1ccc(F)c(Cl)c1. The predicted molar refractivity (Wildman–Crippen MR) is 93.4 cm³/mol. The number of hydrogen-bond acceptors (Lipinski definition) is 6. The third-order valence-electron chi connectivity index (χ3n) is 4.17. The van der Waals surface area contributed by atoms with Gasteiger partial charge in [-0.25, -0.2) is 13.9 Å². The molecule has 4 rings (SSSR count). The van der Waals surface area contributed by atoms with E-state index in [0.29, 0.717) is 10.8 Å². The van der Waals surface area contributed by atoms with Gasteiger partial charge in [0, 0.05) is 0 Å². The van der Waals surface area contributed by atoms with Crippen LogP contribution in [0.4, 0.5) is 4.39 Å². The number of nitrogens with zero attached hydrogens (tertiary/aromatic N) is 4. The zero-order valence-corrected chi connectivity index (χ0v) is 15.0. The van der Waals surface area contributed by atoms with E-state index in [4.69, 9.17) is 16.4 Å². The fourth-order valence-electron chi connectivity index (χ4n) is 2.76. The molecule has 0 N–H and O–H groups in total. The van der Waals surface area contributed by atoms with Crippen molar-refractivity contribution in [1.82, 2.24) is 20.1 Å². The van der Waals surface area contributed by atoms with Crippen LogP contribution >= 0.6 is 11.6 Å². The summed E-state index contributed by atoms with van der Waals surface area (Å²) in [6.07, 6.45) is 0. The van der Waals surface area contributed by atoms with Gasteiger partial charge in [-0.3, -0.25) is 9.59 Å². The predicted octanol–water partition coefficient (Wildman–Crippen LogP) is 2.74. The summed E-state index contributed by atoms with van der Waals surface area (Å²) in [5, 5.41) is 7.83. The van der Waals surface area contributed by atoms with Gasteiger partial charge in [0.1, 0.15) is 5.82 Å². The Bertz CT molecular complexity index is 1130. The summed E-state index contributed by atoms with van der Waals surface area (Å²) >= 11 is 5.77. The molecule has 0 bridgehead atoms. The fraction of sp³-hybridized carbons (Fsp3) is 0.0556. The maximum absolute atomic E-state index is 13.3. The van der Waals surface area contributed by atoms with E-state index >= 15 is 0 Å². The number of benzene rings is 2. The normalized spacial score (nSPS) is 13.0. The van der Waals surface area contributed by atoms with Gasteiger partial charge in [0.2, 0.25) is 0 Å². The zero-order valence-electron chi connectivity index (χ0n) is 14.2. The lowest BCUT2D eigenvalue weighted by atomic mass is 10.1. The molecule has 1 aromatic heterocycles. The van der Waals surface area contributed by atoms with Crippen LogP contribution in [-0.4, -0.2) is 37.8 Å². The van der Waals surface area contributed by atoms with Crippen LogP contribution in [0.3, 0.4) is 0 Å². The van der Waals surface area contributed by atoms with Crippen molar-refractivity contribution in [3.8, 4) is 5.69 Å². The molecular formula is C18H10ClFN4O4. The summed E-state index contributed by atoms with van der Waals surface area (Å²) in [4.78, 5) is 42.0. The number of imide groups is 1. The highest BCUT2D eigenvalue weighted by atomic mass is 35.5. The number of rotatable bonds is 3. The monoisotopic (exact) mass is 400 g/mol. The minimum Gasteiger partial charge on any atom is -0.322 e. The number of amides is 2. The van der Waals surface area contributed by atoms with E-state index in [-0.39, 0.29) is 27.5 Å². The van der Waals surface area contributed by atoms with Gasteiger partial charge < -0.3 is 4.84 Å². The molecule has 0 spiro atoms. The number of fused-ring (bicyclic) bond motifs is 1. The first-order valence-electron chi connectivity index (χ1n) is 7.96. The summed E-state index contributed by atoms with van der Waals surface area (Å²) in [6, 6.07) is 9.99. The van der Waals surface area contributed by atoms with E-state index in [2.05, 4.69) is 10.3 Å². The van der Waals surface area contributed by atoms with Crippen molar-refractivity contribution in [3.63, 3.8) is 0 Å². The molecule has 0 aliphatic carbocycles. The molecule has 3 aromatic rings. The maximum atomic E-state index is 13.3. The van der Waals surface area contributed by atoms with Crippen LogP contribution in [0.2, 0.25) is 5.02 Å². The molecule has 2 aromatic carbocycles. The average molecular weight is 401 g/mol. The summed E-state index contributed by atoms with van der Waals surface area (Å²) in [7, 11) is 0. The number of carbonyl (C=O) groups excluding carboxylic acids is 3. The third-order valence-corrected chi connectivity index (χ3v) is 4.46. The molecule has 0 saturated heterocycles.